The quantitative estimate of drug-likeness (QED) is 0.772. The maximum atomic E-state index is 12.7. The van der Waals surface area contributed by atoms with Crippen molar-refractivity contribution in [1.82, 2.24) is 5.32 Å². The molecule has 0 unspecified atom stereocenters. The molecule has 9 heteroatoms. The molecule has 25 heavy (non-hydrogen) atoms. The fourth-order valence-corrected chi connectivity index (χ4v) is 5.08. The minimum Gasteiger partial charge on any atom is -0.347 e. The molecule has 0 aromatic carbocycles. The Morgan fingerprint density at radius 2 is 1.96 bits per heavy atom. The number of nitrogens with one attached hydrogen (secondary N) is 2. The smallest absolute Gasteiger partial charge is 0.315 e. The van der Waals surface area contributed by atoms with Gasteiger partial charge in [0.05, 0.1) is 16.4 Å². The van der Waals surface area contributed by atoms with Crippen molar-refractivity contribution in [1.29, 1.82) is 0 Å². The van der Waals surface area contributed by atoms with Gasteiger partial charge in [0.2, 0.25) is 0 Å². The molecule has 0 atom stereocenters. The van der Waals surface area contributed by atoms with E-state index in [-0.39, 0.29) is 10.9 Å². The molecule has 2 amide bonds. The summed E-state index contributed by atoms with van der Waals surface area (Å²) in [6.07, 6.45) is 0.315. The van der Waals surface area contributed by atoms with E-state index < -0.39 is 12.3 Å². The van der Waals surface area contributed by atoms with Crippen LogP contribution in [0.2, 0.25) is 4.34 Å². The Morgan fingerprint density at radius 3 is 2.64 bits per heavy atom. The molecule has 1 aliphatic carbocycles. The van der Waals surface area contributed by atoms with Crippen molar-refractivity contribution in [2.75, 3.05) is 5.32 Å². The van der Waals surface area contributed by atoms with Gasteiger partial charge in [-0.25, -0.2) is 0 Å². The highest BCUT2D eigenvalue weighted by molar-refractivity contribution is 7.17. The first-order chi connectivity index (χ1) is 12.0. The van der Waals surface area contributed by atoms with Gasteiger partial charge in [-0.1, -0.05) is 11.6 Å². The molecule has 3 rings (SSSR count). The predicted molar refractivity (Wildman–Crippen MR) is 96.1 cm³/mol. The van der Waals surface area contributed by atoms with Crippen LogP contribution in [0, 0.1) is 0 Å². The average Bonchev–Trinajstić information content (AvgIpc) is 3.15. The predicted octanol–water partition coefficient (Wildman–Crippen LogP) is 4.48. The lowest BCUT2D eigenvalue weighted by Crippen LogP contribution is -2.26. The standard InChI is InChI=1S/C16H15ClF2N2O2S2/c17-11-6-5-8(24-11)7-20-14(22)12-9-3-1-2-4-10(9)25-16(12)21-15(23)13(18)19/h5-6,13H,1-4,7H2,(H,20,22)(H,21,23). The molecule has 0 bridgehead atoms. The molecular formula is C16H15ClF2N2O2S2. The SMILES string of the molecule is O=C(NCc1ccc(Cl)s1)c1c(NC(=O)C(F)F)sc2c1CCCC2. The number of carbonyl (C=O) groups excluding carboxylic acids is 2. The lowest BCUT2D eigenvalue weighted by Gasteiger charge is -2.13. The summed E-state index contributed by atoms with van der Waals surface area (Å²) >= 11 is 8.45. The molecule has 134 valence electrons. The number of fused-ring (bicyclic) bond motifs is 1. The molecule has 2 aromatic rings. The Morgan fingerprint density at radius 1 is 1.20 bits per heavy atom. The van der Waals surface area contributed by atoms with Gasteiger partial charge in [-0.2, -0.15) is 8.78 Å². The van der Waals surface area contributed by atoms with Crippen molar-refractivity contribution in [3.8, 4) is 0 Å². The van der Waals surface area contributed by atoms with Crippen molar-refractivity contribution in [2.45, 2.75) is 38.7 Å². The zero-order valence-corrected chi connectivity index (χ0v) is 15.4. The van der Waals surface area contributed by atoms with E-state index in [1.807, 2.05) is 6.07 Å². The normalized spacial score (nSPS) is 13.6. The van der Waals surface area contributed by atoms with Crippen LogP contribution in [-0.2, 0) is 24.2 Å². The maximum absolute atomic E-state index is 12.7. The Labute approximate surface area is 156 Å². The minimum absolute atomic E-state index is 0.207. The van der Waals surface area contributed by atoms with Gasteiger partial charge in [0.15, 0.2) is 0 Å². The number of hydrogen-bond donors (Lipinski definition) is 2. The zero-order valence-electron chi connectivity index (χ0n) is 13.0. The molecule has 0 radical (unpaired) electrons. The summed E-state index contributed by atoms with van der Waals surface area (Å²) < 4.78 is 25.8. The van der Waals surface area contributed by atoms with Gasteiger partial charge in [-0.3, -0.25) is 9.59 Å². The summed E-state index contributed by atoms with van der Waals surface area (Å²) in [6, 6.07) is 3.56. The molecule has 1 aliphatic rings. The first-order valence-corrected chi connectivity index (χ1v) is 9.72. The molecule has 0 saturated carbocycles. The highest BCUT2D eigenvalue weighted by Gasteiger charge is 2.27. The third kappa shape index (κ3) is 4.19. The van der Waals surface area contributed by atoms with E-state index in [4.69, 9.17) is 11.6 Å². The summed E-state index contributed by atoms with van der Waals surface area (Å²) in [4.78, 5) is 25.9. The highest BCUT2D eigenvalue weighted by Crippen LogP contribution is 2.38. The van der Waals surface area contributed by atoms with Crippen LogP contribution in [0.15, 0.2) is 12.1 Å². The van der Waals surface area contributed by atoms with Crippen LogP contribution in [0.4, 0.5) is 13.8 Å². The third-order valence-electron chi connectivity index (χ3n) is 3.89. The number of amides is 2. The first kappa shape index (κ1) is 18.3. The van der Waals surface area contributed by atoms with Crippen LogP contribution in [0.25, 0.3) is 0 Å². The van der Waals surface area contributed by atoms with Crippen LogP contribution in [-0.4, -0.2) is 18.2 Å². The molecule has 0 fully saturated rings. The van der Waals surface area contributed by atoms with E-state index in [9.17, 15) is 18.4 Å². The fourth-order valence-electron chi connectivity index (χ4n) is 2.76. The number of alkyl halides is 2. The van der Waals surface area contributed by atoms with E-state index in [1.165, 1.54) is 22.7 Å². The summed E-state index contributed by atoms with van der Waals surface area (Å²) in [5, 5.41) is 5.20. The van der Waals surface area contributed by atoms with Crippen LogP contribution in [0.3, 0.4) is 0 Å². The number of halogens is 3. The zero-order chi connectivity index (χ0) is 18.0. The van der Waals surface area contributed by atoms with Crippen molar-refractivity contribution >= 4 is 51.1 Å². The molecule has 2 N–H and O–H groups in total. The Hall–Kier alpha value is -1.51. The molecule has 0 saturated heterocycles. The second-order valence-electron chi connectivity index (χ2n) is 5.59. The average molecular weight is 405 g/mol. The summed E-state index contributed by atoms with van der Waals surface area (Å²) in [7, 11) is 0. The molecule has 2 aromatic heterocycles. The van der Waals surface area contributed by atoms with E-state index >= 15 is 0 Å². The number of aryl methyl sites for hydroxylation is 1. The van der Waals surface area contributed by atoms with E-state index in [2.05, 4.69) is 10.6 Å². The van der Waals surface area contributed by atoms with Crippen molar-refractivity contribution in [2.24, 2.45) is 0 Å². The van der Waals surface area contributed by atoms with Crippen LogP contribution >= 0.6 is 34.3 Å². The van der Waals surface area contributed by atoms with Crippen molar-refractivity contribution in [3.05, 3.63) is 37.4 Å². The Kier molecular flexibility index (Phi) is 5.71. The Balaban J connectivity index is 1.83. The molecule has 0 spiro atoms. The third-order valence-corrected chi connectivity index (χ3v) is 6.32. The monoisotopic (exact) mass is 404 g/mol. The van der Waals surface area contributed by atoms with E-state index in [0.717, 1.165) is 34.6 Å². The second kappa shape index (κ2) is 7.80. The van der Waals surface area contributed by atoms with Gasteiger partial charge in [-0.05, 0) is 43.4 Å². The van der Waals surface area contributed by atoms with E-state index in [0.29, 0.717) is 22.9 Å². The number of anilines is 1. The van der Waals surface area contributed by atoms with Gasteiger partial charge in [-0.15, -0.1) is 22.7 Å². The van der Waals surface area contributed by atoms with Gasteiger partial charge in [0.1, 0.15) is 5.00 Å². The van der Waals surface area contributed by atoms with Crippen LogP contribution < -0.4 is 10.6 Å². The number of carbonyl (C=O) groups is 2. The summed E-state index contributed by atoms with van der Waals surface area (Å²) in [5.41, 5.74) is 1.18. The van der Waals surface area contributed by atoms with Crippen LogP contribution in [0.1, 0.15) is 38.5 Å². The topological polar surface area (TPSA) is 58.2 Å². The van der Waals surface area contributed by atoms with Gasteiger partial charge in [0.25, 0.3) is 11.8 Å². The van der Waals surface area contributed by atoms with Crippen molar-refractivity contribution < 1.29 is 18.4 Å². The van der Waals surface area contributed by atoms with Crippen LogP contribution in [0.5, 0.6) is 0 Å². The number of rotatable bonds is 5. The maximum Gasteiger partial charge on any atom is 0.315 e. The highest BCUT2D eigenvalue weighted by atomic mass is 35.5. The second-order valence-corrected chi connectivity index (χ2v) is 8.50. The number of thiophene rings is 2. The fraction of sp³-hybridized carbons (Fsp3) is 0.375. The van der Waals surface area contributed by atoms with Crippen molar-refractivity contribution in [3.63, 3.8) is 0 Å². The van der Waals surface area contributed by atoms with Gasteiger partial charge >= 0.3 is 6.43 Å². The molecular weight excluding hydrogens is 390 g/mol. The van der Waals surface area contributed by atoms with Gasteiger partial charge in [0, 0.05) is 9.75 Å². The largest absolute Gasteiger partial charge is 0.347 e. The molecule has 2 heterocycles. The van der Waals surface area contributed by atoms with E-state index in [1.54, 1.807) is 6.07 Å². The van der Waals surface area contributed by atoms with Gasteiger partial charge < -0.3 is 10.6 Å². The lowest BCUT2D eigenvalue weighted by molar-refractivity contribution is -0.126. The molecule has 0 aliphatic heterocycles. The first-order valence-electron chi connectivity index (χ1n) is 7.71. The Bertz CT molecular complexity index is 804. The summed E-state index contributed by atoms with van der Waals surface area (Å²) in [5.74, 6) is -1.76. The number of hydrogen-bond acceptors (Lipinski definition) is 4. The summed E-state index contributed by atoms with van der Waals surface area (Å²) in [6.45, 7) is 0.295. The minimum atomic E-state index is -3.12. The molecule has 4 nitrogen and oxygen atoms in total. The lowest BCUT2D eigenvalue weighted by atomic mass is 9.95.